The second-order valence-electron chi connectivity index (χ2n) is 14.3. The summed E-state index contributed by atoms with van der Waals surface area (Å²) in [5.41, 5.74) is 5.32. The van der Waals surface area contributed by atoms with Crippen molar-refractivity contribution in [1.29, 1.82) is 0 Å². The van der Waals surface area contributed by atoms with Crippen LogP contribution in [0.4, 0.5) is 0 Å². The van der Waals surface area contributed by atoms with Gasteiger partial charge < -0.3 is 30.3 Å². The molecular formula is C46H76NO11P. The van der Waals surface area contributed by atoms with Gasteiger partial charge in [0.05, 0.1) is 19.3 Å². The molecule has 5 N–H and O–H groups in total. The van der Waals surface area contributed by atoms with E-state index in [9.17, 15) is 28.9 Å². The van der Waals surface area contributed by atoms with Gasteiger partial charge in [-0.2, -0.15) is 0 Å². The summed E-state index contributed by atoms with van der Waals surface area (Å²) in [6, 6.07) is -1.56. The van der Waals surface area contributed by atoms with Crippen LogP contribution < -0.4 is 5.73 Å². The average Bonchev–Trinajstić information content (AvgIpc) is 3.21. The van der Waals surface area contributed by atoms with Gasteiger partial charge in [0.1, 0.15) is 12.6 Å². The van der Waals surface area contributed by atoms with Crippen molar-refractivity contribution in [2.24, 2.45) is 5.73 Å². The predicted octanol–water partition coefficient (Wildman–Crippen LogP) is 10.5. The first-order chi connectivity index (χ1) is 28.5. The molecule has 4 atom stereocenters. The SMILES string of the molecule is CC/C=C\C/C=C\C/C=C\C/C=C\C/C=C\C=C/C(O)CCC(=O)O[C@H](COC(=O)CCCCCCCCC/C=C\CCCCCC)COP(=O)(O)OC[C@H](N)C(=O)O. The van der Waals surface area contributed by atoms with Gasteiger partial charge in [-0.1, -0.05) is 150 Å². The zero-order chi connectivity index (χ0) is 43.7. The van der Waals surface area contributed by atoms with Crippen LogP contribution in [0.2, 0.25) is 0 Å². The number of nitrogens with two attached hydrogens (primary N) is 1. The van der Waals surface area contributed by atoms with Crippen molar-refractivity contribution in [2.75, 3.05) is 19.8 Å². The maximum atomic E-state index is 12.6. The molecule has 0 saturated carbocycles. The number of carbonyl (C=O) groups excluding carboxylic acids is 2. The van der Waals surface area contributed by atoms with E-state index in [1.54, 1.807) is 18.2 Å². The Labute approximate surface area is 355 Å². The van der Waals surface area contributed by atoms with Gasteiger partial charge in [-0.05, 0) is 70.6 Å². The van der Waals surface area contributed by atoms with E-state index in [2.05, 4.69) is 79.1 Å². The van der Waals surface area contributed by atoms with Crippen molar-refractivity contribution >= 4 is 25.7 Å². The monoisotopic (exact) mass is 850 g/mol. The Kier molecular flexibility index (Phi) is 37.8. The van der Waals surface area contributed by atoms with Crippen LogP contribution in [0, 0.1) is 0 Å². The molecule has 0 bridgehead atoms. The lowest BCUT2D eigenvalue weighted by atomic mass is 10.1. The number of aliphatic carboxylic acids is 1. The molecule has 0 spiro atoms. The fourth-order valence-corrected chi connectivity index (χ4v) is 6.06. The van der Waals surface area contributed by atoms with Crippen LogP contribution in [0.5, 0.6) is 0 Å². The normalized spacial score (nSPS) is 15.1. The Balaban J connectivity index is 4.63. The molecule has 59 heavy (non-hydrogen) atoms. The highest BCUT2D eigenvalue weighted by Gasteiger charge is 2.28. The molecular weight excluding hydrogens is 773 g/mol. The minimum absolute atomic E-state index is 0.0400. The molecule has 0 aromatic carbocycles. The van der Waals surface area contributed by atoms with Crippen molar-refractivity contribution in [1.82, 2.24) is 0 Å². The Morgan fingerprint density at radius 3 is 1.73 bits per heavy atom. The number of carbonyl (C=O) groups is 3. The van der Waals surface area contributed by atoms with E-state index in [1.165, 1.54) is 44.9 Å². The largest absolute Gasteiger partial charge is 0.480 e. The van der Waals surface area contributed by atoms with Gasteiger partial charge in [-0.15, -0.1) is 0 Å². The summed E-state index contributed by atoms with van der Waals surface area (Å²) in [6.45, 7) is 2.41. The average molecular weight is 850 g/mol. The van der Waals surface area contributed by atoms with Crippen LogP contribution in [-0.2, 0) is 37.5 Å². The molecule has 0 aliphatic heterocycles. The van der Waals surface area contributed by atoms with Gasteiger partial charge in [0.15, 0.2) is 6.10 Å². The lowest BCUT2D eigenvalue weighted by Crippen LogP contribution is -2.34. The molecule has 336 valence electrons. The van der Waals surface area contributed by atoms with Crippen molar-refractivity contribution in [2.45, 2.75) is 167 Å². The fraction of sp³-hybridized carbons (Fsp3) is 0.630. The zero-order valence-electron chi connectivity index (χ0n) is 35.9. The molecule has 0 saturated heterocycles. The smallest absolute Gasteiger partial charge is 0.472 e. The van der Waals surface area contributed by atoms with Gasteiger partial charge >= 0.3 is 25.7 Å². The number of rotatable bonds is 39. The van der Waals surface area contributed by atoms with Gasteiger partial charge in [0.2, 0.25) is 0 Å². The van der Waals surface area contributed by atoms with Crippen LogP contribution in [-0.4, -0.2) is 71.1 Å². The van der Waals surface area contributed by atoms with E-state index in [0.717, 1.165) is 64.2 Å². The van der Waals surface area contributed by atoms with Crippen molar-refractivity contribution in [3.8, 4) is 0 Å². The summed E-state index contributed by atoms with van der Waals surface area (Å²) in [7, 11) is -4.79. The molecule has 13 heteroatoms. The molecule has 0 amide bonds. The summed E-state index contributed by atoms with van der Waals surface area (Å²) in [5.74, 6) is -2.71. The maximum absolute atomic E-state index is 12.6. The number of phosphoric ester groups is 1. The first-order valence-electron chi connectivity index (χ1n) is 21.7. The minimum Gasteiger partial charge on any atom is -0.480 e. The number of phosphoric acid groups is 1. The zero-order valence-corrected chi connectivity index (χ0v) is 36.8. The van der Waals surface area contributed by atoms with E-state index in [-0.39, 0.29) is 19.3 Å². The molecule has 0 aromatic heterocycles. The molecule has 0 heterocycles. The topological polar surface area (TPSA) is 192 Å². The Hall–Kier alpha value is -3.38. The second-order valence-corrected chi connectivity index (χ2v) is 15.7. The lowest BCUT2D eigenvalue weighted by Gasteiger charge is -2.20. The first kappa shape index (κ1) is 55.6. The molecule has 0 radical (unpaired) electrons. The number of carboxylic acid groups (broad SMARTS) is 1. The standard InChI is InChI=1S/C46H76NO11P/c1-3-5-7-9-11-13-15-17-19-21-22-24-26-28-30-32-34-41(48)36-37-45(50)58-42(39-56-59(53,54)57-40-43(47)46(51)52)38-55-44(49)35-33-31-29-27-25-23-20-18-16-14-12-10-8-6-4-2/h5,7,11,13-14,16-17,19,22,24,28,30,32,34,41-43,48H,3-4,6,8-10,12,15,18,20-21,23,25-27,29,31,33,35-40,47H2,1-2H3,(H,51,52)(H,53,54)/b7-5-,13-11-,16-14-,19-17-,24-22-,30-28-,34-32-/t41?,42-,43+/m1/s1. The number of hydrogen-bond acceptors (Lipinski definition) is 10. The van der Waals surface area contributed by atoms with E-state index >= 15 is 0 Å². The summed E-state index contributed by atoms with van der Waals surface area (Å²) in [5, 5.41) is 19.2. The Morgan fingerprint density at radius 1 is 0.627 bits per heavy atom. The van der Waals surface area contributed by atoms with Gasteiger partial charge in [-0.3, -0.25) is 23.4 Å². The quantitative estimate of drug-likeness (QED) is 0.0151. The minimum atomic E-state index is -4.79. The molecule has 0 aliphatic carbocycles. The molecule has 0 aliphatic rings. The number of aliphatic hydroxyl groups is 1. The predicted molar refractivity (Wildman–Crippen MR) is 236 cm³/mol. The number of esters is 2. The van der Waals surface area contributed by atoms with Crippen LogP contribution in [0.1, 0.15) is 149 Å². The number of carboxylic acids is 1. The highest BCUT2D eigenvalue weighted by atomic mass is 31.2. The summed E-state index contributed by atoms with van der Waals surface area (Å²) >= 11 is 0. The first-order valence-corrected chi connectivity index (χ1v) is 23.2. The van der Waals surface area contributed by atoms with E-state index in [4.69, 9.17) is 24.8 Å². The van der Waals surface area contributed by atoms with Gasteiger partial charge in [0, 0.05) is 12.8 Å². The molecule has 0 aromatic rings. The summed E-state index contributed by atoms with van der Waals surface area (Å²) in [6.07, 6.45) is 45.5. The third-order valence-corrected chi connectivity index (χ3v) is 9.70. The van der Waals surface area contributed by atoms with Crippen molar-refractivity contribution in [3.63, 3.8) is 0 Å². The molecule has 0 fully saturated rings. The van der Waals surface area contributed by atoms with E-state index < -0.39 is 63.8 Å². The summed E-state index contributed by atoms with van der Waals surface area (Å²) < 4.78 is 32.5. The highest BCUT2D eigenvalue weighted by molar-refractivity contribution is 7.47. The number of unbranched alkanes of at least 4 members (excludes halogenated alkanes) is 11. The van der Waals surface area contributed by atoms with Gasteiger partial charge in [-0.25, -0.2) is 4.57 Å². The Morgan fingerprint density at radius 2 is 1.15 bits per heavy atom. The Bertz CT molecular complexity index is 1340. The highest BCUT2D eigenvalue weighted by Crippen LogP contribution is 2.43. The second kappa shape index (κ2) is 40.0. The number of aliphatic hydroxyl groups excluding tert-OH is 1. The number of allylic oxidation sites excluding steroid dienone is 13. The molecule has 12 nitrogen and oxygen atoms in total. The summed E-state index contributed by atoms with van der Waals surface area (Å²) in [4.78, 5) is 46.0. The van der Waals surface area contributed by atoms with Crippen LogP contribution in [0.15, 0.2) is 85.1 Å². The van der Waals surface area contributed by atoms with E-state index in [0.29, 0.717) is 6.42 Å². The molecule has 0 rings (SSSR count). The van der Waals surface area contributed by atoms with Crippen LogP contribution in [0.3, 0.4) is 0 Å². The fourth-order valence-electron chi connectivity index (χ4n) is 5.29. The number of ether oxygens (including phenoxy) is 2. The van der Waals surface area contributed by atoms with Crippen LogP contribution in [0.25, 0.3) is 0 Å². The van der Waals surface area contributed by atoms with Gasteiger partial charge in [0.25, 0.3) is 0 Å². The van der Waals surface area contributed by atoms with E-state index in [1.807, 2.05) is 6.08 Å². The number of hydrogen-bond donors (Lipinski definition) is 4. The molecule has 2 unspecified atom stereocenters. The van der Waals surface area contributed by atoms with Crippen LogP contribution >= 0.6 is 7.82 Å². The lowest BCUT2D eigenvalue weighted by molar-refractivity contribution is -0.161. The van der Waals surface area contributed by atoms with Crippen molar-refractivity contribution in [3.05, 3.63) is 85.1 Å². The third kappa shape index (κ3) is 39.8. The van der Waals surface area contributed by atoms with Crippen molar-refractivity contribution < 1.29 is 52.6 Å². The third-order valence-electron chi connectivity index (χ3n) is 8.74. The maximum Gasteiger partial charge on any atom is 0.472 e.